The van der Waals surface area contributed by atoms with Gasteiger partial charge >= 0.3 is 0 Å². The van der Waals surface area contributed by atoms with E-state index >= 15 is 0 Å². The molecule has 2 rings (SSSR count). The summed E-state index contributed by atoms with van der Waals surface area (Å²) in [5.74, 6) is 1.82. The molecule has 154 valence electrons. The summed E-state index contributed by atoms with van der Waals surface area (Å²) in [6.45, 7) is 19.0. The summed E-state index contributed by atoms with van der Waals surface area (Å²) in [5, 5.41) is 11.1. The first-order chi connectivity index (χ1) is 13.1. The summed E-state index contributed by atoms with van der Waals surface area (Å²) < 4.78 is 5.45. The molecule has 2 heterocycles. The second-order valence-corrected chi connectivity index (χ2v) is 7.13. The fraction of sp³-hybridized carbons (Fsp3) is 0.800. The molecule has 2 N–H and O–H groups in total. The molecule has 0 amide bonds. The van der Waals surface area contributed by atoms with Crippen molar-refractivity contribution in [2.45, 2.75) is 60.0 Å². The molecule has 7 heteroatoms. The largest absolute Gasteiger partial charge is 0.361 e. The predicted molar refractivity (Wildman–Crippen MR) is 111 cm³/mol. The smallest absolute Gasteiger partial charge is 0.191 e. The summed E-state index contributed by atoms with van der Waals surface area (Å²) in [7, 11) is 0. The van der Waals surface area contributed by atoms with Crippen molar-refractivity contribution >= 4 is 5.96 Å². The zero-order chi connectivity index (χ0) is 19.6. The molecule has 1 aromatic rings. The lowest BCUT2D eigenvalue weighted by Gasteiger charge is -2.37. The van der Waals surface area contributed by atoms with Crippen LogP contribution in [0.4, 0.5) is 0 Å². The topological polar surface area (TPSA) is 68.9 Å². The number of likely N-dealkylation sites (N-methyl/N-ethyl adjacent to an activating group) is 1. The van der Waals surface area contributed by atoms with Gasteiger partial charge in [0.1, 0.15) is 5.76 Å². The van der Waals surface area contributed by atoms with Crippen LogP contribution in [0.1, 0.15) is 51.6 Å². The number of hydrogen-bond donors (Lipinski definition) is 2. The lowest BCUT2D eigenvalue weighted by Crippen LogP contribution is -2.53. The van der Waals surface area contributed by atoms with Crippen LogP contribution in [-0.2, 0) is 19.4 Å². The van der Waals surface area contributed by atoms with Crippen molar-refractivity contribution in [2.24, 2.45) is 4.99 Å². The molecule has 1 atom stereocenters. The van der Waals surface area contributed by atoms with Gasteiger partial charge in [0.15, 0.2) is 5.96 Å². The maximum absolute atomic E-state index is 5.45. The fourth-order valence-corrected chi connectivity index (χ4v) is 3.51. The minimum absolute atomic E-state index is 0.487. The van der Waals surface area contributed by atoms with Gasteiger partial charge in [0.05, 0.1) is 12.2 Å². The van der Waals surface area contributed by atoms with E-state index in [4.69, 9.17) is 9.52 Å². The Balaban J connectivity index is 1.91. The first kappa shape index (κ1) is 21.7. The van der Waals surface area contributed by atoms with Gasteiger partial charge in [-0.1, -0.05) is 25.9 Å². The Labute approximate surface area is 164 Å². The van der Waals surface area contributed by atoms with Crippen molar-refractivity contribution in [3.8, 4) is 0 Å². The van der Waals surface area contributed by atoms with E-state index in [1.165, 1.54) is 13.1 Å². The lowest BCUT2D eigenvalue weighted by atomic mass is 10.1. The quantitative estimate of drug-likeness (QED) is 0.505. The third-order valence-electron chi connectivity index (χ3n) is 5.39. The van der Waals surface area contributed by atoms with Gasteiger partial charge in [0.25, 0.3) is 0 Å². The van der Waals surface area contributed by atoms with E-state index < -0.39 is 0 Å². The molecule has 0 spiro atoms. The van der Waals surface area contributed by atoms with Crippen LogP contribution < -0.4 is 10.6 Å². The van der Waals surface area contributed by atoms with Crippen molar-refractivity contribution in [1.29, 1.82) is 0 Å². The standard InChI is InChI=1S/C20H38N6O/c1-6-18-17(19(7-2)27-24-18)15-23-20(21-8-3)22-14-16(5)26-12-10-25(9-4)11-13-26/h16H,6-15H2,1-5H3,(H2,21,22,23). The molecular formula is C20H38N6O. The Morgan fingerprint density at radius 2 is 1.85 bits per heavy atom. The van der Waals surface area contributed by atoms with E-state index in [-0.39, 0.29) is 0 Å². The average Bonchev–Trinajstić information content (AvgIpc) is 3.11. The Morgan fingerprint density at radius 3 is 2.44 bits per heavy atom. The highest BCUT2D eigenvalue weighted by atomic mass is 16.5. The summed E-state index contributed by atoms with van der Waals surface area (Å²) in [4.78, 5) is 9.86. The Bertz CT molecular complexity index is 556. The van der Waals surface area contributed by atoms with Crippen LogP contribution in [0.2, 0.25) is 0 Å². The van der Waals surface area contributed by atoms with E-state index in [9.17, 15) is 0 Å². The number of nitrogens with zero attached hydrogens (tertiary/aromatic N) is 4. The van der Waals surface area contributed by atoms with Crippen LogP contribution in [0.15, 0.2) is 9.52 Å². The first-order valence-corrected chi connectivity index (χ1v) is 10.6. The van der Waals surface area contributed by atoms with Crippen LogP contribution in [0.25, 0.3) is 0 Å². The summed E-state index contributed by atoms with van der Waals surface area (Å²) >= 11 is 0. The number of rotatable bonds is 9. The van der Waals surface area contributed by atoms with Gasteiger partial charge in [-0.15, -0.1) is 0 Å². The summed E-state index contributed by atoms with van der Waals surface area (Å²) in [6, 6.07) is 0.487. The third kappa shape index (κ3) is 6.21. The van der Waals surface area contributed by atoms with Crippen molar-refractivity contribution < 1.29 is 4.52 Å². The van der Waals surface area contributed by atoms with Crippen LogP contribution in [-0.4, -0.2) is 72.8 Å². The maximum atomic E-state index is 5.45. The zero-order valence-corrected chi connectivity index (χ0v) is 17.8. The van der Waals surface area contributed by atoms with Gasteiger partial charge in [-0.2, -0.15) is 0 Å². The molecule has 1 aliphatic heterocycles. The molecule has 0 radical (unpaired) electrons. The third-order valence-corrected chi connectivity index (χ3v) is 5.39. The molecule has 0 bridgehead atoms. The van der Waals surface area contributed by atoms with E-state index in [2.05, 4.69) is 60.2 Å². The monoisotopic (exact) mass is 378 g/mol. The normalized spacial score (nSPS) is 17.9. The second-order valence-electron chi connectivity index (χ2n) is 7.13. The Kier molecular flexibility index (Phi) is 9.07. The average molecular weight is 379 g/mol. The number of piperazine rings is 1. The maximum Gasteiger partial charge on any atom is 0.191 e. The van der Waals surface area contributed by atoms with Crippen LogP contribution in [0.5, 0.6) is 0 Å². The molecule has 0 aromatic carbocycles. The number of aliphatic imine (C=N–C) groups is 1. The molecule has 1 fully saturated rings. The molecule has 27 heavy (non-hydrogen) atoms. The summed E-state index contributed by atoms with van der Waals surface area (Å²) in [6.07, 6.45) is 1.72. The molecule has 7 nitrogen and oxygen atoms in total. The van der Waals surface area contributed by atoms with Crippen molar-refractivity contribution in [2.75, 3.05) is 45.8 Å². The number of aromatic nitrogens is 1. The van der Waals surface area contributed by atoms with Crippen molar-refractivity contribution in [3.63, 3.8) is 0 Å². The van der Waals surface area contributed by atoms with Crippen molar-refractivity contribution in [1.82, 2.24) is 25.6 Å². The van der Waals surface area contributed by atoms with Crippen LogP contribution in [0.3, 0.4) is 0 Å². The molecule has 1 unspecified atom stereocenters. The Morgan fingerprint density at radius 1 is 1.11 bits per heavy atom. The van der Waals surface area contributed by atoms with Crippen molar-refractivity contribution in [3.05, 3.63) is 17.0 Å². The van der Waals surface area contributed by atoms with E-state index in [1.54, 1.807) is 0 Å². The lowest BCUT2D eigenvalue weighted by molar-refractivity contribution is 0.107. The van der Waals surface area contributed by atoms with Gasteiger partial charge < -0.3 is 20.1 Å². The minimum Gasteiger partial charge on any atom is -0.361 e. The highest BCUT2D eigenvalue weighted by molar-refractivity contribution is 5.79. The second kappa shape index (κ2) is 11.3. The van der Waals surface area contributed by atoms with Gasteiger partial charge in [-0.3, -0.25) is 4.90 Å². The number of hydrogen-bond acceptors (Lipinski definition) is 5. The molecule has 1 aromatic heterocycles. The Hall–Kier alpha value is -1.60. The van der Waals surface area contributed by atoms with Gasteiger partial charge in [0, 0.05) is 57.3 Å². The highest BCUT2D eigenvalue weighted by Crippen LogP contribution is 2.16. The number of nitrogens with one attached hydrogen (secondary N) is 2. The minimum atomic E-state index is 0.487. The molecule has 0 saturated carbocycles. The first-order valence-electron chi connectivity index (χ1n) is 10.6. The van der Waals surface area contributed by atoms with Gasteiger partial charge in [-0.05, 0) is 26.8 Å². The fourth-order valence-electron chi connectivity index (χ4n) is 3.51. The van der Waals surface area contributed by atoms with E-state index in [0.717, 1.165) is 68.5 Å². The summed E-state index contributed by atoms with van der Waals surface area (Å²) in [5.41, 5.74) is 2.16. The molecular weight excluding hydrogens is 340 g/mol. The van der Waals surface area contributed by atoms with Gasteiger partial charge in [-0.25, -0.2) is 4.99 Å². The molecule has 1 aliphatic rings. The molecule has 1 saturated heterocycles. The van der Waals surface area contributed by atoms with Crippen LogP contribution in [0, 0.1) is 0 Å². The van der Waals surface area contributed by atoms with Crippen LogP contribution >= 0.6 is 0 Å². The molecule has 0 aliphatic carbocycles. The SMILES string of the molecule is CCNC(=NCc1c(CC)noc1CC)NCC(C)N1CCN(CC)CC1. The predicted octanol–water partition coefficient (Wildman–Crippen LogP) is 1.88. The number of aryl methyl sites for hydroxylation is 2. The number of guanidine groups is 1. The van der Waals surface area contributed by atoms with E-state index in [1.807, 2.05) is 0 Å². The van der Waals surface area contributed by atoms with Gasteiger partial charge in [0.2, 0.25) is 0 Å². The van der Waals surface area contributed by atoms with E-state index in [0.29, 0.717) is 12.6 Å². The zero-order valence-electron chi connectivity index (χ0n) is 17.8. The highest BCUT2D eigenvalue weighted by Gasteiger charge is 2.20.